The largest absolute Gasteiger partial charge is 0.472 e. The summed E-state index contributed by atoms with van der Waals surface area (Å²) in [6.45, 7) is 7.13. The predicted octanol–water partition coefficient (Wildman–Crippen LogP) is 20.5. The van der Waals surface area contributed by atoms with Gasteiger partial charge in [0.1, 0.15) is 19.3 Å². The van der Waals surface area contributed by atoms with Crippen LogP contribution in [0, 0.1) is 5.92 Å². The summed E-state index contributed by atoms with van der Waals surface area (Å²) in [6, 6.07) is 0. The lowest BCUT2D eigenvalue weighted by atomic mass is 10.0. The maximum Gasteiger partial charge on any atom is 0.472 e. The van der Waals surface area contributed by atoms with Crippen molar-refractivity contribution in [1.29, 1.82) is 0 Å². The van der Waals surface area contributed by atoms with Crippen molar-refractivity contribution in [2.45, 2.75) is 368 Å². The monoisotopic (exact) mass is 1330 g/mol. The molecule has 17 nitrogen and oxygen atoms in total. The SMILES string of the molecule is CCCCCC/C=C\C=C/CCCCCCCC(=O)OC[C@H](COP(=O)(O)OC[C@@H](O)COP(=O)(O)OC[C@@H](COC(=O)CCCCCCC)OC(=O)CCCCCCCCCCCC)OC(=O)CCCCCCCCCCCCCCCCCCCCC(C)C. The minimum absolute atomic E-state index is 0.101. The van der Waals surface area contributed by atoms with Crippen LogP contribution in [0.2, 0.25) is 0 Å². The van der Waals surface area contributed by atoms with Gasteiger partial charge in [-0.25, -0.2) is 9.13 Å². The molecule has 0 aliphatic carbocycles. The van der Waals surface area contributed by atoms with Crippen molar-refractivity contribution in [3.8, 4) is 0 Å². The second kappa shape index (κ2) is 64.9. The zero-order valence-electron chi connectivity index (χ0n) is 58.5. The van der Waals surface area contributed by atoms with Crippen molar-refractivity contribution in [3.05, 3.63) is 24.3 Å². The summed E-state index contributed by atoms with van der Waals surface area (Å²) in [7, 11) is -9.90. The van der Waals surface area contributed by atoms with Gasteiger partial charge >= 0.3 is 39.5 Å². The highest BCUT2D eigenvalue weighted by molar-refractivity contribution is 7.47. The van der Waals surface area contributed by atoms with Crippen LogP contribution < -0.4 is 0 Å². The molecule has 536 valence electrons. The Bertz CT molecular complexity index is 1850. The summed E-state index contributed by atoms with van der Waals surface area (Å²) in [4.78, 5) is 72.2. The molecule has 0 amide bonds. The summed E-state index contributed by atoms with van der Waals surface area (Å²) < 4.78 is 68.0. The highest BCUT2D eigenvalue weighted by Gasteiger charge is 2.30. The van der Waals surface area contributed by atoms with E-state index in [0.717, 1.165) is 121 Å². The Kier molecular flexibility index (Phi) is 63.1. The van der Waals surface area contributed by atoms with Crippen LogP contribution >= 0.6 is 15.6 Å². The Labute approximate surface area is 554 Å². The van der Waals surface area contributed by atoms with Gasteiger partial charge in [0, 0.05) is 25.7 Å². The number of esters is 4. The van der Waals surface area contributed by atoms with Crippen molar-refractivity contribution < 1.29 is 80.2 Å². The van der Waals surface area contributed by atoms with E-state index in [1.165, 1.54) is 148 Å². The van der Waals surface area contributed by atoms with Crippen molar-refractivity contribution in [1.82, 2.24) is 0 Å². The van der Waals surface area contributed by atoms with Crippen LogP contribution in [-0.2, 0) is 65.4 Å². The highest BCUT2D eigenvalue weighted by Crippen LogP contribution is 2.45. The Morgan fingerprint density at radius 2 is 0.593 bits per heavy atom. The number of phosphoric acid groups is 2. The van der Waals surface area contributed by atoms with Crippen molar-refractivity contribution in [2.24, 2.45) is 5.92 Å². The molecule has 0 fully saturated rings. The quantitative estimate of drug-likeness (QED) is 0.0169. The van der Waals surface area contributed by atoms with E-state index in [2.05, 4.69) is 58.9 Å². The fourth-order valence-corrected chi connectivity index (χ4v) is 12.0. The first kappa shape index (κ1) is 88.5. The average molecular weight is 1340 g/mol. The van der Waals surface area contributed by atoms with E-state index in [4.69, 9.17) is 37.0 Å². The topological polar surface area (TPSA) is 237 Å². The van der Waals surface area contributed by atoms with Gasteiger partial charge in [0.25, 0.3) is 0 Å². The molecule has 0 rings (SSSR count). The summed E-state index contributed by atoms with van der Waals surface area (Å²) in [5.74, 6) is -1.34. The molecule has 0 aliphatic rings. The van der Waals surface area contributed by atoms with Gasteiger partial charge in [-0.2, -0.15) is 0 Å². The number of aliphatic hydroxyl groups excluding tert-OH is 1. The standard InChI is InChI=1S/C72H136O17P2/c1-6-9-12-15-17-19-21-22-27-31-34-38-41-46-51-56-70(75)83-62-68(89-72(77)58-53-48-43-39-35-32-29-26-24-23-25-28-30-33-36-40-45-49-54-65(4)5)64-87-91(80,81)85-60-66(73)59-84-90(78,79)86-63-67(61-82-69(74)55-50-44-14-11-8-3)88-71(76)57-52-47-42-37-20-18-16-13-10-7-2/h19,21-22,27,65-68,73H,6-18,20,23-26,28-64H2,1-5H3,(H,78,79)(H,80,81)/b21-19-,27-22-/t66-,67+,68+/m0/s1. The average Bonchev–Trinajstić information content (AvgIpc) is 3.68. The van der Waals surface area contributed by atoms with Gasteiger partial charge < -0.3 is 33.8 Å². The van der Waals surface area contributed by atoms with Crippen molar-refractivity contribution >= 4 is 39.5 Å². The molecular formula is C72H136O17P2. The minimum atomic E-state index is -4.96. The van der Waals surface area contributed by atoms with Gasteiger partial charge in [-0.1, -0.05) is 296 Å². The maximum atomic E-state index is 13.0. The summed E-state index contributed by atoms with van der Waals surface area (Å²) in [5, 5.41) is 10.6. The van der Waals surface area contributed by atoms with Gasteiger partial charge in [-0.15, -0.1) is 0 Å². The van der Waals surface area contributed by atoms with E-state index in [1.54, 1.807) is 0 Å². The smallest absolute Gasteiger partial charge is 0.462 e. The molecule has 0 aromatic rings. The zero-order chi connectivity index (χ0) is 67.0. The summed E-state index contributed by atoms with van der Waals surface area (Å²) in [5.41, 5.74) is 0. The number of rotatable bonds is 70. The van der Waals surface area contributed by atoms with Crippen molar-refractivity contribution in [2.75, 3.05) is 39.6 Å². The van der Waals surface area contributed by atoms with Crippen LogP contribution in [0.4, 0.5) is 0 Å². The molecule has 91 heavy (non-hydrogen) atoms. The molecule has 0 radical (unpaired) electrons. The first-order chi connectivity index (χ1) is 44.0. The first-order valence-corrected chi connectivity index (χ1v) is 39.9. The van der Waals surface area contributed by atoms with E-state index in [0.29, 0.717) is 25.7 Å². The lowest BCUT2D eigenvalue weighted by Crippen LogP contribution is -2.30. The van der Waals surface area contributed by atoms with E-state index in [9.17, 15) is 43.2 Å². The van der Waals surface area contributed by atoms with E-state index >= 15 is 0 Å². The van der Waals surface area contributed by atoms with E-state index in [-0.39, 0.29) is 25.7 Å². The lowest BCUT2D eigenvalue weighted by Gasteiger charge is -2.21. The molecule has 0 saturated heterocycles. The first-order valence-electron chi connectivity index (χ1n) is 37.0. The minimum Gasteiger partial charge on any atom is -0.462 e. The Hall–Kier alpha value is -2.46. The number of allylic oxidation sites excluding steroid dienone is 4. The number of phosphoric ester groups is 2. The third kappa shape index (κ3) is 66.0. The fourth-order valence-electron chi connectivity index (χ4n) is 10.5. The molecule has 0 aliphatic heterocycles. The molecule has 0 aromatic carbocycles. The van der Waals surface area contributed by atoms with Crippen LogP contribution in [0.15, 0.2) is 24.3 Å². The number of aliphatic hydroxyl groups is 1. The predicted molar refractivity (Wildman–Crippen MR) is 368 cm³/mol. The van der Waals surface area contributed by atoms with Crippen LogP contribution in [0.3, 0.4) is 0 Å². The van der Waals surface area contributed by atoms with Crippen LogP contribution in [-0.4, -0.2) is 96.7 Å². The number of ether oxygens (including phenoxy) is 4. The number of unbranched alkanes of at least 4 members (excludes halogenated alkanes) is 39. The Balaban J connectivity index is 5.15. The number of hydrogen-bond donors (Lipinski definition) is 3. The molecule has 19 heteroatoms. The number of carbonyl (C=O) groups is 4. The van der Waals surface area contributed by atoms with E-state index in [1.807, 2.05) is 0 Å². The molecule has 0 heterocycles. The second-order valence-corrected chi connectivity index (χ2v) is 28.7. The zero-order valence-corrected chi connectivity index (χ0v) is 60.3. The Morgan fingerprint density at radius 3 is 0.901 bits per heavy atom. The van der Waals surface area contributed by atoms with Gasteiger partial charge in [0.15, 0.2) is 12.2 Å². The Morgan fingerprint density at radius 1 is 0.341 bits per heavy atom. The molecule has 0 aromatic heterocycles. The third-order valence-electron chi connectivity index (χ3n) is 16.2. The van der Waals surface area contributed by atoms with Gasteiger partial charge in [0.2, 0.25) is 0 Å². The molecule has 0 saturated carbocycles. The normalized spacial score (nSPS) is 14.2. The molecule has 2 unspecified atom stereocenters. The molecule has 5 atom stereocenters. The molecule has 0 bridgehead atoms. The lowest BCUT2D eigenvalue weighted by molar-refractivity contribution is -0.161. The summed E-state index contributed by atoms with van der Waals surface area (Å²) >= 11 is 0. The molecule has 3 N–H and O–H groups in total. The molecule has 0 spiro atoms. The highest BCUT2D eigenvalue weighted by atomic mass is 31.2. The van der Waals surface area contributed by atoms with Crippen molar-refractivity contribution in [3.63, 3.8) is 0 Å². The van der Waals surface area contributed by atoms with Gasteiger partial charge in [-0.05, 0) is 57.3 Å². The maximum absolute atomic E-state index is 13.0. The van der Waals surface area contributed by atoms with Crippen LogP contribution in [0.5, 0.6) is 0 Å². The second-order valence-electron chi connectivity index (χ2n) is 25.8. The van der Waals surface area contributed by atoms with Gasteiger partial charge in [-0.3, -0.25) is 37.3 Å². The number of carbonyl (C=O) groups excluding carboxylic acids is 4. The third-order valence-corrected chi connectivity index (χ3v) is 18.1. The molecular weight excluding hydrogens is 1200 g/mol. The van der Waals surface area contributed by atoms with Crippen LogP contribution in [0.1, 0.15) is 349 Å². The fraction of sp³-hybridized carbons (Fsp3) is 0.889. The van der Waals surface area contributed by atoms with Crippen LogP contribution in [0.25, 0.3) is 0 Å². The van der Waals surface area contributed by atoms with Gasteiger partial charge in [0.05, 0.1) is 26.4 Å². The van der Waals surface area contributed by atoms with E-state index < -0.39 is 97.5 Å². The number of hydrogen-bond acceptors (Lipinski definition) is 15. The summed E-state index contributed by atoms with van der Waals surface area (Å²) in [6.07, 6.45) is 55.4.